The number of ether oxygens (including phenoxy) is 1. The fourth-order valence-electron chi connectivity index (χ4n) is 1.67. The van der Waals surface area contributed by atoms with Gasteiger partial charge in [-0.3, -0.25) is 0 Å². The summed E-state index contributed by atoms with van der Waals surface area (Å²) in [6.07, 6.45) is 2.94. The van der Waals surface area contributed by atoms with Crippen LogP contribution in [-0.4, -0.2) is 11.7 Å². The Morgan fingerprint density at radius 2 is 1.91 bits per heavy atom. The van der Waals surface area contributed by atoms with Crippen molar-refractivity contribution in [2.45, 2.75) is 45.3 Å². The quantitative estimate of drug-likeness (QED) is 0.601. The molecule has 0 aromatic heterocycles. The molecule has 1 nitrogen and oxygen atoms in total. The van der Waals surface area contributed by atoms with Gasteiger partial charge >= 0.3 is 0 Å². The average Bonchev–Trinajstić information content (AvgIpc) is 1.78. The van der Waals surface area contributed by atoms with Crippen molar-refractivity contribution in [1.29, 1.82) is 0 Å². The van der Waals surface area contributed by atoms with Gasteiger partial charge in [0, 0.05) is 0 Å². The van der Waals surface area contributed by atoms with E-state index in [9.17, 15) is 0 Å². The van der Waals surface area contributed by atoms with E-state index in [0.717, 1.165) is 11.8 Å². The molecule has 0 N–H and O–H groups in total. The third-order valence-electron chi connectivity index (χ3n) is 2.48. The second kappa shape index (κ2) is 3.77. The van der Waals surface area contributed by atoms with Gasteiger partial charge in [-0.15, -0.1) is 0 Å². The molecule has 0 amide bonds. The third kappa shape index (κ3) is 2.34. The molecule has 0 radical (unpaired) electrons. The number of hydrogen-bond acceptors (Lipinski definition) is 1. The van der Waals surface area contributed by atoms with Gasteiger partial charge in [0.1, 0.15) is 5.56 Å². The van der Waals surface area contributed by atoms with E-state index in [1.54, 1.807) is 0 Å². The summed E-state index contributed by atoms with van der Waals surface area (Å²) >= 11 is 5.73. The van der Waals surface area contributed by atoms with Gasteiger partial charge in [0.15, 0.2) is 0 Å². The topological polar surface area (TPSA) is 9.23 Å². The first-order valence-corrected chi connectivity index (χ1v) is 4.84. The molecule has 1 rings (SSSR count). The largest absolute Gasteiger partial charge is 0.359 e. The molecule has 1 aliphatic carbocycles. The second-order valence-corrected chi connectivity index (χ2v) is 4.32. The first-order valence-electron chi connectivity index (χ1n) is 4.40. The smallest absolute Gasteiger partial charge is 0.128 e. The van der Waals surface area contributed by atoms with Crippen LogP contribution in [0.3, 0.4) is 0 Å². The highest BCUT2D eigenvalue weighted by atomic mass is 35.5. The third-order valence-corrected chi connectivity index (χ3v) is 2.58. The van der Waals surface area contributed by atoms with Crippen molar-refractivity contribution in [3.8, 4) is 0 Å². The molecule has 3 atom stereocenters. The Labute approximate surface area is 74.1 Å². The molecule has 0 spiro atoms. The maximum Gasteiger partial charge on any atom is 0.128 e. The highest BCUT2D eigenvalue weighted by Gasteiger charge is 2.34. The molecule has 0 aliphatic heterocycles. The first kappa shape index (κ1) is 9.34. The predicted molar refractivity (Wildman–Crippen MR) is 47.8 cm³/mol. The second-order valence-electron chi connectivity index (χ2n) is 3.70. The summed E-state index contributed by atoms with van der Waals surface area (Å²) in [5.41, 5.74) is -0.124. The van der Waals surface area contributed by atoms with Crippen molar-refractivity contribution in [2.75, 3.05) is 0 Å². The van der Waals surface area contributed by atoms with Crippen LogP contribution in [0.4, 0.5) is 0 Å². The fraction of sp³-hybridized carbons (Fsp3) is 1.00. The molecule has 0 saturated heterocycles. The zero-order valence-electron chi connectivity index (χ0n) is 7.51. The van der Waals surface area contributed by atoms with Crippen LogP contribution in [0, 0.1) is 11.8 Å². The molecule has 1 fully saturated rings. The van der Waals surface area contributed by atoms with Crippen molar-refractivity contribution >= 4 is 11.6 Å². The Bertz CT molecular complexity index is 123. The van der Waals surface area contributed by atoms with E-state index in [2.05, 4.69) is 13.8 Å². The monoisotopic (exact) mass is 176 g/mol. The Morgan fingerprint density at radius 1 is 1.27 bits per heavy atom. The van der Waals surface area contributed by atoms with Crippen molar-refractivity contribution < 1.29 is 4.74 Å². The molecule has 0 bridgehead atoms. The summed E-state index contributed by atoms with van der Waals surface area (Å²) in [6.45, 7) is 6.38. The predicted octanol–water partition coefficient (Wildman–Crippen LogP) is 3.02. The summed E-state index contributed by atoms with van der Waals surface area (Å²) in [5, 5.41) is 0. The molecule has 3 unspecified atom stereocenters. The van der Waals surface area contributed by atoms with Crippen LogP contribution in [0.1, 0.15) is 33.6 Å². The van der Waals surface area contributed by atoms with Crippen LogP contribution >= 0.6 is 11.6 Å². The molecule has 1 aliphatic rings. The SMILES string of the molecule is CC(Cl)OC1CCC1C(C)C. The molecule has 1 saturated carbocycles. The normalized spacial score (nSPS) is 33.5. The lowest BCUT2D eigenvalue weighted by Gasteiger charge is -2.39. The van der Waals surface area contributed by atoms with Gasteiger partial charge in [-0.05, 0) is 31.6 Å². The van der Waals surface area contributed by atoms with Crippen molar-refractivity contribution in [3.05, 3.63) is 0 Å². The minimum atomic E-state index is -0.124. The average molecular weight is 177 g/mol. The van der Waals surface area contributed by atoms with Gasteiger partial charge in [0.25, 0.3) is 0 Å². The van der Waals surface area contributed by atoms with E-state index >= 15 is 0 Å². The number of alkyl halides is 1. The van der Waals surface area contributed by atoms with Crippen LogP contribution in [0.25, 0.3) is 0 Å². The Kier molecular flexibility index (Phi) is 3.20. The number of rotatable bonds is 3. The molecule has 0 aromatic rings. The summed E-state index contributed by atoms with van der Waals surface area (Å²) < 4.78 is 5.53. The van der Waals surface area contributed by atoms with Gasteiger partial charge in [0.2, 0.25) is 0 Å². The fourth-order valence-corrected chi connectivity index (χ4v) is 1.80. The zero-order chi connectivity index (χ0) is 8.43. The van der Waals surface area contributed by atoms with Crippen LogP contribution < -0.4 is 0 Å². The Hall–Kier alpha value is 0.250. The van der Waals surface area contributed by atoms with E-state index in [0.29, 0.717) is 6.10 Å². The van der Waals surface area contributed by atoms with Crippen LogP contribution in [0.5, 0.6) is 0 Å². The molecular weight excluding hydrogens is 160 g/mol. The molecule has 2 heteroatoms. The number of hydrogen-bond donors (Lipinski definition) is 0. The van der Waals surface area contributed by atoms with Crippen molar-refractivity contribution in [2.24, 2.45) is 11.8 Å². The Balaban J connectivity index is 2.26. The Morgan fingerprint density at radius 3 is 2.18 bits per heavy atom. The first-order chi connectivity index (χ1) is 5.11. The lowest BCUT2D eigenvalue weighted by molar-refractivity contribution is -0.0714. The minimum absolute atomic E-state index is 0.124. The number of halogens is 1. The van der Waals surface area contributed by atoms with Gasteiger partial charge in [0.05, 0.1) is 6.10 Å². The van der Waals surface area contributed by atoms with Crippen molar-refractivity contribution in [1.82, 2.24) is 0 Å². The van der Waals surface area contributed by atoms with E-state index < -0.39 is 0 Å². The molecule has 0 heterocycles. The summed E-state index contributed by atoms with van der Waals surface area (Å²) in [7, 11) is 0. The van der Waals surface area contributed by atoms with Gasteiger partial charge in [-0.2, -0.15) is 0 Å². The van der Waals surface area contributed by atoms with E-state index in [1.165, 1.54) is 12.8 Å². The van der Waals surface area contributed by atoms with E-state index in [-0.39, 0.29) is 5.56 Å². The maximum atomic E-state index is 5.73. The lowest BCUT2D eigenvalue weighted by atomic mass is 9.74. The summed E-state index contributed by atoms with van der Waals surface area (Å²) in [4.78, 5) is 0. The zero-order valence-corrected chi connectivity index (χ0v) is 8.27. The molecular formula is C9H17ClO. The van der Waals surface area contributed by atoms with Gasteiger partial charge < -0.3 is 4.74 Å². The van der Waals surface area contributed by atoms with Crippen LogP contribution in [-0.2, 0) is 4.74 Å². The van der Waals surface area contributed by atoms with E-state index in [4.69, 9.17) is 16.3 Å². The minimum Gasteiger partial charge on any atom is -0.359 e. The van der Waals surface area contributed by atoms with Crippen molar-refractivity contribution in [3.63, 3.8) is 0 Å². The summed E-state index contributed by atoms with van der Waals surface area (Å²) in [6, 6.07) is 0. The van der Waals surface area contributed by atoms with E-state index in [1.807, 2.05) is 6.92 Å². The highest BCUT2D eigenvalue weighted by molar-refractivity contribution is 6.19. The van der Waals surface area contributed by atoms with Crippen LogP contribution in [0.15, 0.2) is 0 Å². The molecule has 0 aromatic carbocycles. The van der Waals surface area contributed by atoms with Gasteiger partial charge in [-0.1, -0.05) is 25.4 Å². The van der Waals surface area contributed by atoms with Gasteiger partial charge in [-0.25, -0.2) is 0 Å². The molecule has 11 heavy (non-hydrogen) atoms. The lowest BCUT2D eigenvalue weighted by Crippen LogP contribution is -2.38. The summed E-state index contributed by atoms with van der Waals surface area (Å²) in [5.74, 6) is 1.49. The highest BCUT2D eigenvalue weighted by Crippen LogP contribution is 2.36. The molecule has 66 valence electrons. The standard InChI is InChI=1S/C9H17ClO/c1-6(2)8-4-5-9(8)11-7(3)10/h6-9H,4-5H2,1-3H3. The van der Waals surface area contributed by atoms with Crippen LogP contribution in [0.2, 0.25) is 0 Å². The maximum absolute atomic E-state index is 5.73.